The van der Waals surface area contributed by atoms with Crippen LogP contribution in [0.2, 0.25) is 0 Å². The third-order valence-electron chi connectivity index (χ3n) is 6.04. The number of carbonyl (C=O) groups excluding carboxylic acids is 1. The highest BCUT2D eigenvalue weighted by Crippen LogP contribution is 2.31. The Morgan fingerprint density at radius 1 is 0.828 bits per heavy atom. The van der Waals surface area contributed by atoms with E-state index in [0.717, 1.165) is 61.7 Å². The number of para-hydroxylation sites is 1. The van der Waals surface area contributed by atoms with Crippen LogP contribution in [0.4, 0.5) is 11.5 Å². The van der Waals surface area contributed by atoms with Gasteiger partial charge in [-0.3, -0.25) is 4.79 Å². The van der Waals surface area contributed by atoms with Crippen LogP contribution in [-0.4, -0.2) is 35.7 Å². The maximum Gasteiger partial charge on any atom is 0.230 e. The Hall–Kier alpha value is -3.21. The first-order chi connectivity index (χ1) is 14.3. The summed E-state index contributed by atoms with van der Waals surface area (Å²) in [4.78, 5) is 17.3. The minimum absolute atomic E-state index is 0.0916. The van der Waals surface area contributed by atoms with Crippen LogP contribution in [0.25, 0.3) is 11.3 Å². The normalized spacial score (nSPS) is 16.7. The van der Waals surface area contributed by atoms with Crippen molar-refractivity contribution in [1.29, 1.82) is 0 Å². The minimum atomic E-state index is 0.0916. The van der Waals surface area contributed by atoms with Gasteiger partial charge in [0, 0.05) is 36.8 Å². The van der Waals surface area contributed by atoms with Crippen LogP contribution >= 0.6 is 0 Å². The number of piperidine rings is 1. The zero-order chi connectivity index (χ0) is 19.6. The molecule has 146 valence electrons. The van der Waals surface area contributed by atoms with Crippen LogP contribution in [0.5, 0.6) is 0 Å². The van der Waals surface area contributed by atoms with Crippen molar-refractivity contribution in [1.82, 2.24) is 10.2 Å². The molecule has 0 saturated carbocycles. The van der Waals surface area contributed by atoms with E-state index in [-0.39, 0.29) is 11.8 Å². The first kappa shape index (κ1) is 17.9. The summed E-state index contributed by atoms with van der Waals surface area (Å²) in [5, 5.41) is 8.84. The van der Waals surface area contributed by atoms with Gasteiger partial charge < -0.3 is 9.80 Å². The van der Waals surface area contributed by atoms with Crippen molar-refractivity contribution in [3.05, 3.63) is 72.3 Å². The number of hydrogen-bond acceptors (Lipinski definition) is 4. The van der Waals surface area contributed by atoms with E-state index in [1.807, 2.05) is 53.4 Å². The van der Waals surface area contributed by atoms with Gasteiger partial charge in [-0.2, -0.15) is 0 Å². The van der Waals surface area contributed by atoms with E-state index in [1.165, 1.54) is 5.56 Å². The van der Waals surface area contributed by atoms with Gasteiger partial charge in [-0.1, -0.05) is 48.5 Å². The fraction of sp³-hybridized carbons (Fsp3) is 0.292. The Morgan fingerprint density at radius 2 is 1.59 bits per heavy atom. The highest BCUT2D eigenvalue weighted by atomic mass is 16.2. The molecule has 0 bridgehead atoms. The van der Waals surface area contributed by atoms with Crippen molar-refractivity contribution >= 4 is 17.4 Å². The lowest BCUT2D eigenvalue weighted by Gasteiger charge is -2.33. The van der Waals surface area contributed by atoms with Crippen LogP contribution in [0.1, 0.15) is 18.4 Å². The van der Waals surface area contributed by atoms with Gasteiger partial charge in [-0.25, -0.2) is 0 Å². The summed E-state index contributed by atoms with van der Waals surface area (Å²) in [5.74, 6) is 1.26. The zero-order valence-corrected chi connectivity index (χ0v) is 16.4. The Kier molecular flexibility index (Phi) is 4.72. The third-order valence-corrected chi connectivity index (χ3v) is 6.04. The summed E-state index contributed by atoms with van der Waals surface area (Å²) in [6.45, 7) is 2.49. The van der Waals surface area contributed by atoms with Gasteiger partial charge in [0.05, 0.1) is 5.69 Å². The molecule has 2 aliphatic heterocycles. The first-order valence-electron chi connectivity index (χ1n) is 10.3. The van der Waals surface area contributed by atoms with Gasteiger partial charge >= 0.3 is 0 Å². The standard InChI is InChI=1S/C24H24N4O/c29-24(28-17-14-19-8-4-5-9-22(19)28)20-12-15-27(16-13-20)23-11-10-21(25-26-23)18-6-2-1-3-7-18/h1-11,20H,12-17H2. The molecule has 3 heterocycles. The molecule has 0 N–H and O–H groups in total. The highest BCUT2D eigenvalue weighted by Gasteiger charge is 2.32. The summed E-state index contributed by atoms with van der Waals surface area (Å²) >= 11 is 0. The lowest BCUT2D eigenvalue weighted by Crippen LogP contribution is -2.42. The monoisotopic (exact) mass is 384 g/mol. The van der Waals surface area contributed by atoms with Gasteiger partial charge in [0.2, 0.25) is 5.91 Å². The molecular weight excluding hydrogens is 360 g/mol. The molecule has 3 aromatic rings. The quantitative estimate of drug-likeness (QED) is 0.686. The van der Waals surface area contributed by atoms with E-state index < -0.39 is 0 Å². The fourth-order valence-electron chi connectivity index (χ4n) is 4.40. The molecule has 2 aliphatic rings. The number of carbonyl (C=O) groups is 1. The number of nitrogens with zero attached hydrogens (tertiary/aromatic N) is 4. The van der Waals surface area contributed by atoms with Gasteiger partial charge in [-0.15, -0.1) is 10.2 Å². The summed E-state index contributed by atoms with van der Waals surface area (Å²) < 4.78 is 0. The van der Waals surface area contributed by atoms with E-state index in [2.05, 4.69) is 33.3 Å². The van der Waals surface area contributed by atoms with E-state index in [4.69, 9.17) is 0 Å². The number of amides is 1. The molecule has 0 spiro atoms. The molecule has 5 rings (SSSR count). The maximum atomic E-state index is 13.1. The largest absolute Gasteiger partial charge is 0.355 e. The summed E-state index contributed by atoms with van der Waals surface area (Å²) in [6.07, 6.45) is 2.68. The molecule has 0 aliphatic carbocycles. The number of benzene rings is 2. The molecule has 1 aromatic heterocycles. The van der Waals surface area contributed by atoms with Crippen LogP contribution in [0, 0.1) is 5.92 Å². The number of hydrogen-bond donors (Lipinski definition) is 0. The SMILES string of the molecule is O=C(C1CCN(c2ccc(-c3ccccc3)nn2)CC1)N1CCc2ccccc21. The molecule has 0 atom stereocenters. The predicted octanol–water partition coefficient (Wildman–Crippen LogP) is 3.95. The van der Waals surface area contributed by atoms with E-state index in [1.54, 1.807) is 0 Å². The molecule has 0 unspecified atom stereocenters. The molecule has 5 nitrogen and oxygen atoms in total. The fourth-order valence-corrected chi connectivity index (χ4v) is 4.40. The number of rotatable bonds is 3. The van der Waals surface area contributed by atoms with Gasteiger partial charge in [0.1, 0.15) is 0 Å². The van der Waals surface area contributed by atoms with Crippen molar-refractivity contribution in [3.8, 4) is 11.3 Å². The van der Waals surface area contributed by atoms with Crippen LogP contribution in [-0.2, 0) is 11.2 Å². The molecule has 1 amide bonds. The number of fused-ring (bicyclic) bond motifs is 1. The second kappa shape index (κ2) is 7.66. The van der Waals surface area contributed by atoms with Crippen LogP contribution in [0.3, 0.4) is 0 Å². The van der Waals surface area contributed by atoms with Crippen molar-refractivity contribution < 1.29 is 4.79 Å². The molecule has 2 aromatic carbocycles. The van der Waals surface area contributed by atoms with Gasteiger partial charge in [0.25, 0.3) is 0 Å². The lowest BCUT2D eigenvalue weighted by molar-refractivity contribution is -0.122. The van der Waals surface area contributed by atoms with E-state index >= 15 is 0 Å². The van der Waals surface area contributed by atoms with E-state index in [9.17, 15) is 4.79 Å². The average Bonchev–Trinajstić information content (AvgIpc) is 3.24. The first-order valence-corrected chi connectivity index (χ1v) is 10.3. The van der Waals surface area contributed by atoms with Gasteiger partial charge in [-0.05, 0) is 43.0 Å². The van der Waals surface area contributed by atoms with Crippen molar-refractivity contribution in [3.63, 3.8) is 0 Å². The summed E-state index contributed by atoms with van der Waals surface area (Å²) in [6, 6.07) is 22.4. The number of anilines is 2. The zero-order valence-electron chi connectivity index (χ0n) is 16.4. The molecule has 1 fully saturated rings. The lowest BCUT2D eigenvalue weighted by atomic mass is 9.95. The topological polar surface area (TPSA) is 49.3 Å². The Labute approximate surface area is 171 Å². The van der Waals surface area contributed by atoms with Crippen LogP contribution < -0.4 is 9.80 Å². The Bertz CT molecular complexity index is 995. The third kappa shape index (κ3) is 3.48. The second-order valence-electron chi connectivity index (χ2n) is 7.77. The Morgan fingerprint density at radius 3 is 2.34 bits per heavy atom. The average molecular weight is 384 g/mol. The molecule has 5 heteroatoms. The highest BCUT2D eigenvalue weighted by molar-refractivity contribution is 5.97. The Balaban J connectivity index is 1.22. The number of aromatic nitrogens is 2. The smallest absolute Gasteiger partial charge is 0.230 e. The predicted molar refractivity (Wildman–Crippen MR) is 115 cm³/mol. The minimum Gasteiger partial charge on any atom is -0.355 e. The van der Waals surface area contributed by atoms with Crippen molar-refractivity contribution in [2.45, 2.75) is 19.3 Å². The van der Waals surface area contributed by atoms with Crippen LogP contribution in [0.15, 0.2) is 66.7 Å². The van der Waals surface area contributed by atoms with E-state index in [0.29, 0.717) is 0 Å². The molecule has 0 radical (unpaired) electrons. The molecular formula is C24H24N4O. The van der Waals surface area contributed by atoms with Crippen molar-refractivity contribution in [2.24, 2.45) is 5.92 Å². The van der Waals surface area contributed by atoms with Crippen molar-refractivity contribution in [2.75, 3.05) is 29.4 Å². The summed E-state index contributed by atoms with van der Waals surface area (Å²) in [5.41, 5.74) is 4.34. The summed E-state index contributed by atoms with van der Waals surface area (Å²) in [7, 11) is 0. The second-order valence-corrected chi connectivity index (χ2v) is 7.77. The molecule has 1 saturated heterocycles. The molecule has 29 heavy (non-hydrogen) atoms. The van der Waals surface area contributed by atoms with Gasteiger partial charge in [0.15, 0.2) is 5.82 Å². The maximum absolute atomic E-state index is 13.1.